The van der Waals surface area contributed by atoms with Crippen molar-refractivity contribution < 1.29 is 22.6 Å². The minimum absolute atomic E-state index is 0.194. The van der Waals surface area contributed by atoms with E-state index in [4.69, 9.17) is 44.6 Å². The van der Waals surface area contributed by atoms with Gasteiger partial charge in [0.05, 0.1) is 11.4 Å². The van der Waals surface area contributed by atoms with Gasteiger partial charge in [-0.05, 0) is 86.6 Å². The Hall–Kier alpha value is -3.80. The van der Waals surface area contributed by atoms with Crippen LogP contribution in [-0.4, -0.2) is 11.4 Å². The van der Waals surface area contributed by atoms with Gasteiger partial charge in [0.25, 0.3) is 0 Å². The molecule has 0 aliphatic rings. The van der Waals surface area contributed by atoms with Gasteiger partial charge in [-0.3, -0.25) is 9.98 Å². The number of hydrogen-bond donors (Lipinski definition) is 0. The standard InChI is InChI=1S/C32H26N3O2.2ClH.Fe/c1-23(33-25-13-17-29(18-14-25)36-27-9-5-3-6-10-27)31-21-22-32(35-31)24(2)34-26-15-19-30(20-16-26)37-28-11-7-4-8-12-28;;;/h3-22H,1-2H3;2*1H;/q-1;;;+3/p-2. The van der Waals surface area contributed by atoms with Gasteiger partial charge < -0.3 is 14.5 Å². The van der Waals surface area contributed by atoms with Crippen molar-refractivity contribution in [2.75, 3.05) is 0 Å². The van der Waals surface area contributed by atoms with Gasteiger partial charge in [0, 0.05) is 11.4 Å². The van der Waals surface area contributed by atoms with E-state index < -0.39 is 0 Å². The Kier molecular flexibility index (Phi) is 11.0. The second-order valence-corrected chi connectivity index (χ2v) is 10.3. The number of hydrogen-bond acceptors (Lipinski definition) is 4. The molecule has 0 amide bonds. The van der Waals surface area contributed by atoms with E-state index in [9.17, 15) is 0 Å². The summed E-state index contributed by atoms with van der Waals surface area (Å²) in [4.78, 5) is 14.2. The SMILES string of the molecule is CC(=Nc1ccc(Oc2ccccc2)cc1)c1ccc(C(C)=Nc2ccc(Oc3ccccc3)cc2)[n-]1.[Cl][Fe+][Cl]. The zero-order chi connectivity index (χ0) is 28.2. The van der Waals surface area contributed by atoms with E-state index in [1.807, 2.05) is 135 Å². The van der Waals surface area contributed by atoms with Gasteiger partial charge in [0.15, 0.2) is 0 Å². The van der Waals surface area contributed by atoms with E-state index in [0.717, 1.165) is 57.2 Å². The third kappa shape index (κ3) is 8.87. The van der Waals surface area contributed by atoms with E-state index in [2.05, 4.69) is 0 Å². The summed E-state index contributed by atoms with van der Waals surface area (Å²) < 4.78 is 11.7. The van der Waals surface area contributed by atoms with Crippen LogP contribution in [0.5, 0.6) is 23.0 Å². The Morgan fingerprint density at radius 3 is 1.20 bits per heavy atom. The summed E-state index contributed by atoms with van der Waals surface area (Å²) in [5, 5.41) is 0. The van der Waals surface area contributed by atoms with Gasteiger partial charge in [-0.1, -0.05) is 48.5 Å². The van der Waals surface area contributed by atoms with Crippen molar-refractivity contribution in [3.05, 3.63) is 133 Å². The maximum absolute atomic E-state index is 5.85. The first-order valence-electron chi connectivity index (χ1n) is 12.3. The average Bonchev–Trinajstić information content (AvgIpc) is 3.48. The van der Waals surface area contributed by atoms with Gasteiger partial charge in [0.2, 0.25) is 0 Å². The number of rotatable bonds is 8. The second kappa shape index (κ2) is 15.1. The van der Waals surface area contributed by atoms with Crippen LogP contribution in [0.3, 0.4) is 0 Å². The normalized spacial score (nSPS) is 11.4. The molecule has 0 aliphatic heterocycles. The predicted octanol–water partition coefficient (Wildman–Crippen LogP) is 9.89. The quantitative estimate of drug-likeness (QED) is 0.130. The van der Waals surface area contributed by atoms with Gasteiger partial charge in [0.1, 0.15) is 23.0 Å². The first-order chi connectivity index (χ1) is 19.5. The molecule has 5 aromatic rings. The predicted molar refractivity (Wildman–Crippen MR) is 161 cm³/mol. The minimum atomic E-state index is 0.194. The molecule has 0 aliphatic carbocycles. The molecule has 0 N–H and O–H groups in total. The van der Waals surface area contributed by atoms with Gasteiger partial charge in [-0.2, -0.15) is 0 Å². The molecule has 1 aromatic heterocycles. The van der Waals surface area contributed by atoms with Crippen molar-refractivity contribution in [2.24, 2.45) is 9.98 Å². The molecular weight excluding hydrogens is 585 g/mol. The van der Waals surface area contributed by atoms with Crippen molar-refractivity contribution in [3.63, 3.8) is 0 Å². The fraction of sp³-hybridized carbons (Fsp3) is 0.0625. The first kappa shape index (κ1) is 29.2. The Labute approximate surface area is 249 Å². The van der Waals surface area contributed by atoms with Crippen molar-refractivity contribution >= 4 is 43.0 Å². The van der Waals surface area contributed by atoms with Crippen LogP contribution >= 0.6 is 20.2 Å². The summed E-state index contributed by atoms with van der Waals surface area (Å²) in [6, 6.07) is 38.7. The molecule has 0 bridgehead atoms. The number of ether oxygens (including phenoxy) is 2. The van der Waals surface area contributed by atoms with E-state index in [1.54, 1.807) is 0 Å². The molecule has 40 heavy (non-hydrogen) atoms. The third-order valence-electron chi connectivity index (χ3n) is 5.61. The molecule has 203 valence electrons. The number of halogens is 2. The number of aliphatic imine (C=N–C) groups is 2. The van der Waals surface area contributed by atoms with Crippen LogP contribution in [0, 0.1) is 0 Å². The van der Waals surface area contributed by atoms with Crippen LogP contribution < -0.4 is 14.5 Å². The molecule has 0 saturated carbocycles. The monoisotopic (exact) mass is 610 g/mol. The molecule has 8 heteroatoms. The van der Waals surface area contributed by atoms with Crippen LogP contribution in [-0.2, 0) is 13.1 Å². The molecule has 0 spiro atoms. The average molecular weight is 611 g/mol. The topological polar surface area (TPSA) is 57.3 Å². The zero-order valence-electron chi connectivity index (χ0n) is 21.8. The Bertz CT molecular complexity index is 1420. The van der Waals surface area contributed by atoms with Gasteiger partial charge >= 0.3 is 33.3 Å². The molecular formula is C32H26Cl2FeN3O2. The summed E-state index contributed by atoms with van der Waals surface area (Å²) in [7, 11) is 9.53. The molecule has 0 atom stereocenters. The zero-order valence-corrected chi connectivity index (χ0v) is 24.4. The van der Waals surface area contributed by atoms with Gasteiger partial charge in [-0.25, -0.2) is 0 Å². The summed E-state index contributed by atoms with van der Waals surface area (Å²) in [6.45, 7) is 3.91. The molecule has 0 unspecified atom stereocenters. The number of nitrogens with zero attached hydrogens (tertiary/aromatic N) is 3. The third-order valence-corrected chi connectivity index (χ3v) is 5.61. The van der Waals surface area contributed by atoms with E-state index >= 15 is 0 Å². The molecule has 1 heterocycles. The molecule has 0 radical (unpaired) electrons. The molecule has 0 fully saturated rings. The first-order valence-corrected chi connectivity index (χ1v) is 15.3. The van der Waals surface area contributed by atoms with Crippen LogP contribution in [0.2, 0.25) is 0 Å². The molecule has 4 aromatic carbocycles. The second-order valence-electron chi connectivity index (χ2n) is 8.48. The number of para-hydroxylation sites is 2. The molecule has 0 saturated heterocycles. The Morgan fingerprint density at radius 1 is 0.525 bits per heavy atom. The summed E-state index contributed by atoms with van der Waals surface area (Å²) in [6.07, 6.45) is 0. The van der Waals surface area contributed by atoms with E-state index in [-0.39, 0.29) is 13.1 Å². The number of aromatic nitrogens is 1. The van der Waals surface area contributed by atoms with Crippen LogP contribution in [0.15, 0.2) is 131 Å². The molecule has 5 nitrogen and oxygen atoms in total. The fourth-order valence-corrected chi connectivity index (χ4v) is 3.69. The Balaban J connectivity index is 0.00000118. The summed E-state index contributed by atoms with van der Waals surface area (Å²) in [5.41, 5.74) is 4.98. The van der Waals surface area contributed by atoms with Crippen LogP contribution in [0.4, 0.5) is 11.4 Å². The summed E-state index contributed by atoms with van der Waals surface area (Å²) >= 11 is 0.194. The van der Waals surface area contributed by atoms with Crippen molar-refractivity contribution in [1.29, 1.82) is 0 Å². The maximum atomic E-state index is 5.85. The fourth-order valence-electron chi connectivity index (χ4n) is 3.69. The molecule has 5 rings (SSSR count). The van der Waals surface area contributed by atoms with E-state index in [0.29, 0.717) is 0 Å². The summed E-state index contributed by atoms with van der Waals surface area (Å²) in [5.74, 6) is 3.14. The number of benzene rings is 4. The van der Waals surface area contributed by atoms with Crippen molar-refractivity contribution in [2.45, 2.75) is 13.8 Å². The van der Waals surface area contributed by atoms with E-state index in [1.165, 1.54) is 0 Å². The van der Waals surface area contributed by atoms with Gasteiger partial charge in [-0.15, -0.1) is 11.4 Å². The van der Waals surface area contributed by atoms with Crippen molar-refractivity contribution in [3.8, 4) is 23.0 Å². The van der Waals surface area contributed by atoms with Crippen molar-refractivity contribution in [1.82, 2.24) is 4.98 Å². The van der Waals surface area contributed by atoms with Crippen LogP contribution in [0.25, 0.3) is 0 Å². The Morgan fingerprint density at radius 2 is 0.850 bits per heavy atom. The van der Waals surface area contributed by atoms with Crippen LogP contribution in [0.1, 0.15) is 25.2 Å².